The third kappa shape index (κ3) is 6.37. The summed E-state index contributed by atoms with van der Waals surface area (Å²) in [5, 5.41) is 12.6. The molecule has 0 saturated carbocycles. The molecule has 2 saturated heterocycles. The van der Waals surface area contributed by atoms with Crippen LogP contribution in [-0.2, 0) is 17.8 Å². The molecule has 0 amide bonds. The molecule has 8 nitrogen and oxygen atoms in total. The molecule has 196 valence electrons. The third-order valence-corrected chi connectivity index (χ3v) is 9.38. The summed E-state index contributed by atoms with van der Waals surface area (Å²) in [6.07, 6.45) is 6.94. The third-order valence-electron chi connectivity index (χ3n) is 7.05. The Kier molecular flexibility index (Phi) is 8.18. The average Bonchev–Trinajstić information content (AvgIpc) is 3.49. The van der Waals surface area contributed by atoms with Crippen molar-refractivity contribution in [3.05, 3.63) is 44.4 Å². The first-order valence-corrected chi connectivity index (χ1v) is 14.7. The van der Waals surface area contributed by atoms with E-state index in [1.807, 2.05) is 16.3 Å². The molecule has 2 aliphatic heterocycles. The number of carbonyl (C=O) groups excluding carboxylic acids is 1. The Bertz CT molecular complexity index is 1250. The van der Waals surface area contributed by atoms with E-state index in [0.29, 0.717) is 48.4 Å². The van der Waals surface area contributed by atoms with Crippen LogP contribution in [0.4, 0.5) is 5.82 Å². The number of hydrogen-bond acceptors (Lipinski definition) is 9. The number of ketones is 1. The van der Waals surface area contributed by atoms with Crippen LogP contribution in [0.2, 0.25) is 5.02 Å². The number of halogens is 1. The number of thiazole rings is 1. The van der Waals surface area contributed by atoms with Crippen LogP contribution in [0.25, 0.3) is 10.6 Å². The summed E-state index contributed by atoms with van der Waals surface area (Å²) in [7, 11) is 0. The number of thiophene rings is 1. The fraction of sp³-hybridized carbons (Fsp3) is 0.500. The lowest BCUT2D eigenvalue weighted by Crippen LogP contribution is -2.36. The predicted octanol–water partition coefficient (Wildman–Crippen LogP) is 5.27. The molecule has 1 atom stereocenters. The van der Waals surface area contributed by atoms with E-state index in [4.69, 9.17) is 16.6 Å². The van der Waals surface area contributed by atoms with E-state index >= 15 is 0 Å². The van der Waals surface area contributed by atoms with Crippen molar-refractivity contribution in [1.29, 1.82) is 0 Å². The maximum Gasteiger partial charge on any atom is 0.306 e. The Morgan fingerprint density at radius 1 is 1.16 bits per heavy atom. The summed E-state index contributed by atoms with van der Waals surface area (Å²) < 4.78 is 0. The fourth-order valence-corrected chi connectivity index (χ4v) is 7.34. The van der Waals surface area contributed by atoms with Crippen molar-refractivity contribution >= 4 is 51.8 Å². The molecule has 0 aliphatic carbocycles. The fourth-order valence-electron chi connectivity index (χ4n) is 5.06. The molecule has 0 spiro atoms. The molecule has 0 aromatic carbocycles. The van der Waals surface area contributed by atoms with Crippen molar-refractivity contribution in [3.8, 4) is 10.6 Å². The Morgan fingerprint density at radius 3 is 2.62 bits per heavy atom. The number of aliphatic carboxylic acids is 1. The van der Waals surface area contributed by atoms with Crippen LogP contribution in [0.1, 0.15) is 53.0 Å². The molecule has 3 aromatic heterocycles. The highest BCUT2D eigenvalue weighted by molar-refractivity contribution is 7.15. The van der Waals surface area contributed by atoms with Crippen LogP contribution in [0.15, 0.2) is 23.8 Å². The van der Waals surface area contributed by atoms with Crippen molar-refractivity contribution in [1.82, 2.24) is 19.9 Å². The summed E-state index contributed by atoms with van der Waals surface area (Å²) in [4.78, 5) is 44.7. The van der Waals surface area contributed by atoms with Gasteiger partial charge in [0, 0.05) is 36.4 Å². The van der Waals surface area contributed by atoms with Gasteiger partial charge in [0.25, 0.3) is 0 Å². The second kappa shape index (κ2) is 11.6. The molecule has 0 radical (unpaired) electrons. The van der Waals surface area contributed by atoms with Crippen LogP contribution in [0.3, 0.4) is 0 Å². The highest BCUT2D eigenvalue weighted by atomic mass is 35.5. The zero-order valence-electron chi connectivity index (χ0n) is 20.7. The van der Waals surface area contributed by atoms with E-state index in [-0.39, 0.29) is 18.1 Å². The standard InChI is InChI=1S/C26H30ClN5O3S2/c1-16-3-2-6-31(13-16)14-22-25(21-9-18(27)15-36-21)30-24(37-22)10-20(33)19-11-29-23(12-28-19)32-7-4-17(5-8-32)26(34)35/h9,11-12,15-17H,2-8,10,13-14H2,1H3,(H,34,35)/t16-/m0/s1. The van der Waals surface area contributed by atoms with Crippen molar-refractivity contribution in [2.75, 3.05) is 31.1 Å². The summed E-state index contributed by atoms with van der Waals surface area (Å²) in [5.74, 6) is 0.192. The Hall–Kier alpha value is -2.40. The van der Waals surface area contributed by atoms with Gasteiger partial charge in [0.05, 0.1) is 40.3 Å². The lowest BCUT2D eigenvalue weighted by Gasteiger charge is -2.30. The molecule has 5 heterocycles. The van der Waals surface area contributed by atoms with E-state index in [2.05, 4.69) is 21.8 Å². The van der Waals surface area contributed by atoms with Crippen molar-refractivity contribution in [2.24, 2.45) is 11.8 Å². The van der Waals surface area contributed by atoms with Crippen molar-refractivity contribution in [3.63, 3.8) is 0 Å². The zero-order valence-corrected chi connectivity index (χ0v) is 23.1. The highest BCUT2D eigenvalue weighted by Crippen LogP contribution is 2.36. The Balaban J connectivity index is 1.28. The van der Waals surface area contributed by atoms with Gasteiger partial charge in [-0.2, -0.15) is 0 Å². The summed E-state index contributed by atoms with van der Waals surface area (Å²) in [6, 6.07) is 1.94. The second-order valence-corrected chi connectivity index (χ2v) is 12.5. The number of aromatic nitrogens is 3. The van der Waals surface area contributed by atoms with Gasteiger partial charge < -0.3 is 10.0 Å². The van der Waals surface area contributed by atoms with Gasteiger partial charge in [-0.3, -0.25) is 14.5 Å². The van der Waals surface area contributed by atoms with E-state index < -0.39 is 5.97 Å². The van der Waals surface area contributed by atoms with E-state index in [1.165, 1.54) is 23.9 Å². The molecule has 0 bridgehead atoms. The number of Topliss-reactive ketones (excluding diaryl/α,β-unsaturated/α-hetero) is 1. The van der Waals surface area contributed by atoms with Gasteiger partial charge in [-0.15, -0.1) is 22.7 Å². The molecule has 37 heavy (non-hydrogen) atoms. The predicted molar refractivity (Wildman–Crippen MR) is 147 cm³/mol. The summed E-state index contributed by atoms with van der Waals surface area (Å²) in [5.41, 5.74) is 1.24. The first-order chi connectivity index (χ1) is 17.9. The number of rotatable bonds is 8. The number of carboxylic acids is 1. The molecule has 2 fully saturated rings. The van der Waals surface area contributed by atoms with Crippen LogP contribution >= 0.6 is 34.3 Å². The zero-order chi connectivity index (χ0) is 25.9. The number of likely N-dealkylation sites (tertiary alicyclic amines) is 1. The maximum absolute atomic E-state index is 13.1. The van der Waals surface area contributed by atoms with Crippen molar-refractivity contribution in [2.45, 2.75) is 45.6 Å². The van der Waals surface area contributed by atoms with Crippen LogP contribution in [0, 0.1) is 11.8 Å². The lowest BCUT2D eigenvalue weighted by atomic mass is 9.97. The van der Waals surface area contributed by atoms with E-state index in [1.54, 1.807) is 28.9 Å². The Labute approximate surface area is 229 Å². The Morgan fingerprint density at radius 2 is 1.97 bits per heavy atom. The number of hydrogen-bond donors (Lipinski definition) is 1. The number of piperidine rings is 2. The molecular formula is C26H30ClN5O3S2. The van der Waals surface area contributed by atoms with Gasteiger partial charge >= 0.3 is 5.97 Å². The van der Waals surface area contributed by atoms with Crippen LogP contribution in [-0.4, -0.2) is 62.9 Å². The number of nitrogens with zero attached hydrogens (tertiary/aromatic N) is 5. The van der Waals surface area contributed by atoms with Gasteiger partial charge in [-0.25, -0.2) is 15.0 Å². The molecule has 11 heteroatoms. The minimum Gasteiger partial charge on any atom is -0.481 e. The maximum atomic E-state index is 13.1. The van der Waals surface area contributed by atoms with E-state index in [0.717, 1.165) is 35.2 Å². The number of carboxylic acid groups (broad SMARTS) is 1. The minimum absolute atomic E-state index is 0.119. The van der Waals surface area contributed by atoms with Gasteiger partial charge in [-0.05, 0) is 44.2 Å². The smallest absolute Gasteiger partial charge is 0.306 e. The van der Waals surface area contributed by atoms with Gasteiger partial charge in [0.2, 0.25) is 0 Å². The molecule has 5 rings (SSSR count). The van der Waals surface area contributed by atoms with Gasteiger partial charge in [-0.1, -0.05) is 18.5 Å². The van der Waals surface area contributed by atoms with Gasteiger partial charge in [0.15, 0.2) is 5.78 Å². The molecule has 2 aliphatic rings. The minimum atomic E-state index is -0.743. The summed E-state index contributed by atoms with van der Waals surface area (Å²) in [6.45, 7) is 6.52. The van der Waals surface area contributed by atoms with Gasteiger partial charge in [0.1, 0.15) is 16.5 Å². The monoisotopic (exact) mass is 559 g/mol. The first kappa shape index (κ1) is 26.2. The summed E-state index contributed by atoms with van der Waals surface area (Å²) >= 11 is 9.38. The highest BCUT2D eigenvalue weighted by Gasteiger charge is 2.26. The molecule has 3 aromatic rings. The molecule has 1 N–H and O–H groups in total. The number of carbonyl (C=O) groups is 2. The van der Waals surface area contributed by atoms with Crippen molar-refractivity contribution < 1.29 is 14.7 Å². The normalized spacial score (nSPS) is 19.3. The SMILES string of the molecule is C[C@H]1CCCN(Cc2sc(CC(=O)c3cnc(N4CCC(C(=O)O)CC4)cn3)nc2-c2cc(Cl)cs2)C1. The quantitative estimate of drug-likeness (QED) is 0.372. The van der Waals surface area contributed by atoms with E-state index in [9.17, 15) is 14.7 Å². The average molecular weight is 560 g/mol. The van der Waals surface area contributed by atoms with Crippen LogP contribution in [0.5, 0.6) is 0 Å². The number of anilines is 1. The topological polar surface area (TPSA) is 99.5 Å². The molecular weight excluding hydrogens is 530 g/mol. The lowest BCUT2D eigenvalue weighted by molar-refractivity contribution is -0.142. The molecule has 0 unspecified atom stereocenters. The largest absolute Gasteiger partial charge is 0.481 e. The second-order valence-electron chi connectivity index (χ2n) is 9.95. The van der Waals surface area contributed by atoms with Crippen LogP contribution < -0.4 is 4.90 Å². The first-order valence-electron chi connectivity index (χ1n) is 12.6.